The van der Waals surface area contributed by atoms with Gasteiger partial charge in [-0.05, 0) is 37.2 Å². The first-order valence-corrected chi connectivity index (χ1v) is 9.92. The molecule has 0 spiro atoms. The van der Waals surface area contributed by atoms with E-state index in [1.54, 1.807) is 11.8 Å². The van der Waals surface area contributed by atoms with E-state index in [0.717, 1.165) is 19.5 Å². The van der Waals surface area contributed by atoms with Crippen molar-refractivity contribution in [1.82, 2.24) is 10.6 Å². The summed E-state index contributed by atoms with van der Waals surface area (Å²) in [5, 5.41) is 6.36. The summed E-state index contributed by atoms with van der Waals surface area (Å²) in [6, 6.07) is 16.8. The first-order valence-electron chi connectivity index (χ1n) is 9.10. The first kappa shape index (κ1) is 17.2. The van der Waals surface area contributed by atoms with Crippen molar-refractivity contribution in [2.45, 2.75) is 22.6 Å². The van der Waals surface area contributed by atoms with Crippen LogP contribution in [-0.2, 0) is 4.79 Å². The van der Waals surface area contributed by atoms with Crippen LogP contribution < -0.4 is 15.5 Å². The molecule has 0 saturated carbocycles. The van der Waals surface area contributed by atoms with Crippen molar-refractivity contribution in [2.75, 3.05) is 31.1 Å². The lowest BCUT2D eigenvalue weighted by Crippen LogP contribution is -2.32. The molecule has 4 rings (SSSR count). The third kappa shape index (κ3) is 3.79. The van der Waals surface area contributed by atoms with E-state index < -0.39 is 0 Å². The SMILES string of the molecule is O=C(CCN1c2ccccc2Sc2ccccc21)NCC1=CCNCC1. The number of amides is 1. The summed E-state index contributed by atoms with van der Waals surface area (Å²) < 4.78 is 0. The van der Waals surface area contributed by atoms with Crippen LogP contribution in [0.2, 0.25) is 0 Å². The van der Waals surface area contributed by atoms with E-state index in [0.29, 0.717) is 19.5 Å². The van der Waals surface area contributed by atoms with Gasteiger partial charge in [-0.25, -0.2) is 0 Å². The average Bonchev–Trinajstić information content (AvgIpc) is 2.70. The molecule has 0 aliphatic carbocycles. The van der Waals surface area contributed by atoms with E-state index in [4.69, 9.17) is 0 Å². The Morgan fingerprint density at radius 3 is 2.42 bits per heavy atom. The Bertz CT molecular complexity index is 788. The lowest BCUT2D eigenvalue weighted by atomic mass is 10.1. The number of anilines is 2. The Morgan fingerprint density at radius 1 is 1.08 bits per heavy atom. The highest BCUT2D eigenvalue weighted by molar-refractivity contribution is 7.99. The minimum Gasteiger partial charge on any atom is -0.352 e. The van der Waals surface area contributed by atoms with Crippen LogP contribution in [0, 0.1) is 0 Å². The van der Waals surface area contributed by atoms with Crippen LogP contribution in [-0.4, -0.2) is 32.1 Å². The molecule has 134 valence electrons. The topological polar surface area (TPSA) is 44.4 Å². The molecule has 0 unspecified atom stereocenters. The summed E-state index contributed by atoms with van der Waals surface area (Å²) in [6.07, 6.45) is 3.68. The first-order chi connectivity index (χ1) is 12.8. The second-order valence-corrected chi connectivity index (χ2v) is 7.62. The summed E-state index contributed by atoms with van der Waals surface area (Å²) in [7, 11) is 0. The quantitative estimate of drug-likeness (QED) is 0.793. The van der Waals surface area contributed by atoms with Crippen molar-refractivity contribution >= 4 is 29.0 Å². The molecular weight excluding hydrogens is 342 g/mol. The average molecular weight is 366 g/mol. The van der Waals surface area contributed by atoms with Crippen LogP contribution in [0.1, 0.15) is 12.8 Å². The normalized spacial score (nSPS) is 15.7. The summed E-state index contributed by atoms with van der Waals surface area (Å²) in [5.74, 6) is 0.109. The zero-order valence-electron chi connectivity index (χ0n) is 14.7. The van der Waals surface area contributed by atoms with E-state index in [9.17, 15) is 4.79 Å². The number of hydrogen-bond donors (Lipinski definition) is 2. The zero-order valence-corrected chi connectivity index (χ0v) is 15.5. The van der Waals surface area contributed by atoms with Gasteiger partial charge in [0.15, 0.2) is 0 Å². The maximum atomic E-state index is 12.4. The number of hydrogen-bond acceptors (Lipinski definition) is 4. The van der Waals surface area contributed by atoms with Crippen molar-refractivity contribution in [1.29, 1.82) is 0 Å². The molecule has 0 radical (unpaired) electrons. The van der Waals surface area contributed by atoms with Gasteiger partial charge >= 0.3 is 0 Å². The fourth-order valence-corrected chi connectivity index (χ4v) is 4.46. The van der Waals surface area contributed by atoms with E-state index in [1.165, 1.54) is 26.7 Å². The minimum absolute atomic E-state index is 0.109. The van der Waals surface area contributed by atoms with Crippen LogP contribution in [0.15, 0.2) is 70.0 Å². The van der Waals surface area contributed by atoms with E-state index in [2.05, 4.69) is 70.1 Å². The Balaban J connectivity index is 1.43. The molecule has 0 bridgehead atoms. The molecule has 4 nitrogen and oxygen atoms in total. The van der Waals surface area contributed by atoms with Crippen LogP contribution in [0.3, 0.4) is 0 Å². The van der Waals surface area contributed by atoms with Crippen molar-refractivity contribution in [3.05, 3.63) is 60.2 Å². The molecule has 2 aliphatic rings. The number of rotatable bonds is 5. The van der Waals surface area contributed by atoms with Gasteiger partial charge in [0.1, 0.15) is 0 Å². The number of nitrogens with one attached hydrogen (secondary N) is 2. The third-order valence-corrected chi connectivity index (χ3v) is 5.90. The Hall–Kier alpha value is -2.24. The Morgan fingerprint density at radius 2 is 1.77 bits per heavy atom. The number of carbonyl (C=O) groups is 1. The summed E-state index contributed by atoms with van der Waals surface area (Å²) >= 11 is 1.79. The van der Waals surface area contributed by atoms with Gasteiger partial charge in [0.25, 0.3) is 0 Å². The number of carbonyl (C=O) groups excluding carboxylic acids is 1. The fraction of sp³-hybridized carbons (Fsp3) is 0.286. The van der Waals surface area contributed by atoms with Crippen molar-refractivity contribution in [3.63, 3.8) is 0 Å². The number of benzene rings is 2. The highest BCUT2D eigenvalue weighted by atomic mass is 32.2. The van der Waals surface area contributed by atoms with Gasteiger partial charge in [0.2, 0.25) is 5.91 Å². The second kappa shape index (κ2) is 7.98. The number of para-hydroxylation sites is 2. The van der Waals surface area contributed by atoms with Crippen molar-refractivity contribution in [2.24, 2.45) is 0 Å². The molecule has 2 N–H and O–H groups in total. The monoisotopic (exact) mass is 365 g/mol. The molecule has 2 aromatic rings. The van der Waals surface area contributed by atoms with Gasteiger partial charge < -0.3 is 15.5 Å². The molecular formula is C21H23N3OS. The third-order valence-electron chi connectivity index (χ3n) is 4.77. The van der Waals surface area contributed by atoms with Gasteiger partial charge in [-0.1, -0.05) is 47.7 Å². The summed E-state index contributed by atoms with van der Waals surface area (Å²) in [5.41, 5.74) is 3.69. The maximum Gasteiger partial charge on any atom is 0.222 e. The highest BCUT2D eigenvalue weighted by Crippen LogP contribution is 2.47. The van der Waals surface area contributed by atoms with E-state index in [1.807, 2.05) is 0 Å². The summed E-state index contributed by atoms with van der Waals surface area (Å²) in [6.45, 7) is 3.26. The van der Waals surface area contributed by atoms with Crippen LogP contribution in [0.5, 0.6) is 0 Å². The Labute approximate surface area is 158 Å². The number of nitrogens with zero attached hydrogens (tertiary/aromatic N) is 1. The Kier molecular flexibility index (Phi) is 5.27. The fourth-order valence-electron chi connectivity index (χ4n) is 3.37. The predicted octanol–water partition coefficient (Wildman–Crippen LogP) is 3.72. The molecule has 5 heteroatoms. The van der Waals surface area contributed by atoms with Crippen molar-refractivity contribution < 1.29 is 4.79 Å². The standard InChI is InChI=1S/C21H23N3OS/c25-21(23-15-16-9-12-22-13-10-16)11-14-24-17-5-1-3-7-19(17)26-20-8-4-2-6-18(20)24/h1-9,22H,10-15H2,(H,23,25). The van der Waals surface area contributed by atoms with Gasteiger partial charge in [-0.3, -0.25) is 4.79 Å². The molecule has 26 heavy (non-hydrogen) atoms. The molecule has 2 heterocycles. The van der Waals surface area contributed by atoms with Gasteiger partial charge in [0.05, 0.1) is 11.4 Å². The molecule has 2 aromatic carbocycles. The van der Waals surface area contributed by atoms with E-state index in [-0.39, 0.29) is 5.91 Å². The predicted molar refractivity (Wildman–Crippen MR) is 107 cm³/mol. The molecule has 0 atom stereocenters. The lowest BCUT2D eigenvalue weighted by molar-refractivity contribution is -0.120. The zero-order chi connectivity index (χ0) is 17.8. The smallest absolute Gasteiger partial charge is 0.222 e. The van der Waals surface area contributed by atoms with Crippen LogP contribution >= 0.6 is 11.8 Å². The summed E-state index contributed by atoms with van der Waals surface area (Å²) in [4.78, 5) is 17.1. The van der Waals surface area contributed by atoms with Gasteiger partial charge in [-0.15, -0.1) is 0 Å². The minimum atomic E-state index is 0.109. The molecule has 2 aliphatic heterocycles. The number of fused-ring (bicyclic) bond motifs is 2. The van der Waals surface area contributed by atoms with Crippen LogP contribution in [0.4, 0.5) is 11.4 Å². The van der Waals surface area contributed by atoms with Crippen LogP contribution in [0.25, 0.3) is 0 Å². The second-order valence-electron chi connectivity index (χ2n) is 6.53. The van der Waals surface area contributed by atoms with Gasteiger partial charge in [-0.2, -0.15) is 0 Å². The molecule has 0 saturated heterocycles. The molecule has 0 fully saturated rings. The van der Waals surface area contributed by atoms with Gasteiger partial charge in [0, 0.05) is 35.8 Å². The van der Waals surface area contributed by atoms with E-state index >= 15 is 0 Å². The largest absolute Gasteiger partial charge is 0.352 e. The molecule has 1 amide bonds. The highest BCUT2D eigenvalue weighted by Gasteiger charge is 2.23. The molecule has 0 aromatic heterocycles. The maximum absolute atomic E-state index is 12.4. The van der Waals surface area contributed by atoms with Crippen molar-refractivity contribution in [3.8, 4) is 0 Å². The lowest BCUT2D eigenvalue weighted by Gasteiger charge is -2.32.